The van der Waals surface area contributed by atoms with E-state index in [1.807, 2.05) is 35.9 Å². The average molecular weight is 161 g/mol. The Morgan fingerprint density at radius 2 is 1.82 bits per heavy atom. The molecule has 0 saturated carbocycles. The molecule has 0 atom stereocenters. The van der Waals surface area contributed by atoms with Gasteiger partial charge in [-0.3, -0.25) is 0 Å². The Labute approximate surface area is 68.7 Å². The van der Waals surface area contributed by atoms with Crippen molar-refractivity contribution in [1.29, 1.82) is 0 Å². The van der Waals surface area contributed by atoms with Crippen LogP contribution in [0.4, 0.5) is 0 Å². The molecule has 1 heterocycles. The van der Waals surface area contributed by atoms with Gasteiger partial charge in [-0.15, -0.1) is 11.3 Å². The van der Waals surface area contributed by atoms with Crippen LogP contribution in [-0.4, -0.2) is 4.98 Å². The molecule has 0 amide bonds. The van der Waals surface area contributed by atoms with Crippen molar-refractivity contribution in [3.8, 4) is 0 Å². The first-order valence-electron chi connectivity index (χ1n) is 3.42. The maximum atomic E-state index is 4.20. The molecule has 0 saturated heterocycles. The van der Waals surface area contributed by atoms with Gasteiger partial charge in [-0.05, 0) is 12.2 Å². The van der Waals surface area contributed by atoms with Crippen molar-refractivity contribution in [2.75, 3.05) is 0 Å². The minimum absolute atomic E-state index is 1.07. The molecule has 2 heteroatoms. The number of hydrogen-bond donors (Lipinski definition) is 0. The summed E-state index contributed by atoms with van der Waals surface area (Å²) in [5, 5.41) is 1.07. The first-order chi connectivity index (χ1) is 5.47. The van der Waals surface area contributed by atoms with Crippen LogP contribution in [-0.2, 0) is 0 Å². The van der Waals surface area contributed by atoms with Crippen molar-refractivity contribution < 1.29 is 0 Å². The van der Waals surface area contributed by atoms with Gasteiger partial charge >= 0.3 is 0 Å². The van der Waals surface area contributed by atoms with E-state index in [0.29, 0.717) is 0 Å². The normalized spacial score (nSPS) is 20.4. The third kappa shape index (κ3) is 1.30. The molecule has 1 aromatic rings. The second kappa shape index (κ2) is 2.84. The van der Waals surface area contributed by atoms with Crippen molar-refractivity contribution >= 4 is 23.5 Å². The minimum Gasteiger partial charge on any atom is -0.245 e. The largest absolute Gasteiger partial charge is 0.245 e. The zero-order valence-corrected chi connectivity index (χ0v) is 6.71. The van der Waals surface area contributed by atoms with Gasteiger partial charge in [0.05, 0.1) is 15.4 Å². The summed E-state index contributed by atoms with van der Waals surface area (Å²) in [6.07, 6.45) is 12.1. The number of rotatable bonds is 0. The lowest BCUT2D eigenvalue weighted by molar-refractivity contribution is 1.32. The first-order valence-corrected chi connectivity index (χ1v) is 4.30. The molecule has 1 aromatic heterocycles. The fraction of sp³-hybridized carbons (Fsp3) is 0. The molecule has 1 nitrogen and oxygen atoms in total. The van der Waals surface area contributed by atoms with E-state index in [9.17, 15) is 0 Å². The molecule has 2 rings (SSSR count). The Balaban J connectivity index is 2.80. The standard InChI is InChI=1S/C9H7NS/c1-2-4-6-9-8(5-3-1)10-7-11-9/h1-7H/b2-1?,3-1?,4-2?,5-3?,6-4?,8-5+,9-6-. The van der Waals surface area contributed by atoms with E-state index in [1.54, 1.807) is 11.3 Å². The van der Waals surface area contributed by atoms with Crippen LogP contribution in [0.15, 0.2) is 29.8 Å². The SMILES string of the molecule is C1=C/C=c2\scn\c2=C\C=C1. The Morgan fingerprint density at radius 3 is 2.73 bits per heavy atom. The van der Waals surface area contributed by atoms with E-state index in [-0.39, 0.29) is 0 Å². The van der Waals surface area contributed by atoms with Crippen LogP contribution in [0.25, 0.3) is 12.2 Å². The highest BCUT2D eigenvalue weighted by Gasteiger charge is 1.85. The van der Waals surface area contributed by atoms with Gasteiger partial charge in [0.2, 0.25) is 0 Å². The molecular weight excluding hydrogens is 154 g/mol. The van der Waals surface area contributed by atoms with E-state index < -0.39 is 0 Å². The van der Waals surface area contributed by atoms with Gasteiger partial charge in [-0.25, -0.2) is 4.98 Å². The molecule has 0 radical (unpaired) electrons. The lowest BCUT2D eigenvalue weighted by atomic mass is 10.3. The molecule has 0 N–H and O–H groups in total. The second-order valence-corrected chi connectivity index (χ2v) is 3.09. The Morgan fingerprint density at radius 1 is 1.00 bits per heavy atom. The van der Waals surface area contributed by atoms with E-state index in [0.717, 1.165) is 5.35 Å². The number of thiazole rings is 1. The predicted molar refractivity (Wildman–Crippen MR) is 48.6 cm³/mol. The van der Waals surface area contributed by atoms with Crippen molar-refractivity contribution in [2.24, 2.45) is 0 Å². The van der Waals surface area contributed by atoms with Gasteiger partial charge in [-0.2, -0.15) is 0 Å². The maximum absolute atomic E-state index is 4.20. The molecule has 0 aliphatic heterocycles. The Hall–Kier alpha value is -1.15. The van der Waals surface area contributed by atoms with Crippen LogP contribution in [0.3, 0.4) is 0 Å². The zero-order valence-electron chi connectivity index (χ0n) is 5.90. The Bertz CT molecular complexity index is 371. The van der Waals surface area contributed by atoms with Crippen LogP contribution in [0.2, 0.25) is 0 Å². The fourth-order valence-corrected chi connectivity index (χ4v) is 1.61. The lowest BCUT2D eigenvalue weighted by Gasteiger charge is -1.79. The van der Waals surface area contributed by atoms with Crippen LogP contribution >= 0.6 is 11.3 Å². The average Bonchev–Trinajstić information content (AvgIpc) is 2.35. The molecule has 0 bridgehead atoms. The molecule has 54 valence electrons. The molecule has 0 unspecified atom stereocenters. The third-order valence-corrected chi connectivity index (χ3v) is 2.27. The summed E-state index contributed by atoms with van der Waals surface area (Å²) in [4.78, 5) is 4.20. The van der Waals surface area contributed by atoms with E-state index in [2.05, 4.69) is 11.1 Å². The predicted octanol–water partition coefficient (Wildman–Crippen LogP) is 0.830. The number of aromatic nitrogens is 1. The summed E-state index contributed by atoms with van der Waals surface area (Å²) in [5.41, 5.74) is 1.87. The molecule has 1 aliphatic rings. The van der Waals surface area contributed by atoms with Gasteiger partial charge in [0.15, 0.2) is 0 Å². The minimum atomic E-state index is 1.07. The summed E-state index contributed by atoms with van der Waals surface area (Å²) in [5.74, 6) is 0. The first kappa shape index (κ1) is 6.55. The van der Waals surface area contributed by atoms with Crippen molar-refractivity contribution in [2.45, 2.75) is 0 Å². The monoisotopic (exact) mass is 161 g/mol. The highest BCUT2D eigenvalue weighted by Crippen LogP contribution is 1.85. The third-order valence-electron chi connectivity index (χ3n) is 1.46. The summed E-state index contributed by atoms with van der Waals surface area (Å²) in [6, 6.07) is 0. The van der Waals surface area contributed by atoms with Crippen molar-refractivity contribution in [3.63, 3.8) is 0 Å². The summed E-state index contributed by atoms with van der Waals surface area (Å²) < 4.78 is 1.23. The number of allylic oxidation sites excluding steroid dienone is 4. The Kier molecular flexibility index (Phi) is 1.69. The summed E-state index contributed by atoms with van der Waals surface area (Å²) >= 11 is 1.66. The number of fused-ring (bicyclic) bond motifs is 1. The second-order valence-electron chi connectivity index (χ2n) is 2.20. The summed E-state index contributed by atoms with van der Waals surface area (Å²) in [7, 11) is 0. The topological polar surface area (TPSA) is 12.9 Å². The molecule has 0 aromatic carbocycles. The highest BCUT2D eigenvalue weighted by molar-refractivity contribution is 7.07. The molecular formula is C9H7NS. The van der Waals surface area contributed by atoms with Crippen molar-refractivity contribution in [1.82, 2.24) is 4.98 Å². The van der Waals surface area contributed by atoms with Gasteiger partial charge in [0.1, 0.15) is 0 Å². The maximum Gasteiger partial charge on any atom is 0.0812 e. The smallest absolute Gasteiger partial charge is 0.0812 e. The van der Waals surface area contributed by atoms with Gasteiger partial charge in [0, 0.05) is 0 Å². The van der Waals surface area contributed by atoms with Gasteiger partial charge < -0.3 is 0 Å². The molecule has 0 fully saturated rings. The van der Waals surface area contributed by atoms with Crippen LogP contribution in [0, 0.1) is 0 Å². The summed E-state index contributed by atoms with van der Waals surface area (Å²) in [6.45, 7) is 0. The lowest BCUT2D eigenvalue weighted by Crippen LogP contribution is -2.19. The molecule has 0 spiro atoms. The zero-order chi connectivity index (χ0) is 7.52. The highest BCUT2D eigenvalue weighted by atomic mass is 32.1. The number of nitrogens with zero attached hydrogens (tertiary/aromatic N) is 1. The fourth-order valence-electron chi connectivity index (χ4n) is 0.932. The van der Waals surface area contributed by atoms with Gasteiger partial charge in [0.25, 0.3) is 0 Å². The van der Waals surface area contributed by atoms with Crippen molar-refractivity contribution in [3.05, 3.63) is 39.7 Å². The number of hydrogen-bond acceptors (Lipinski definition) is 2. The van der Waals surface area contributed by atoms with E-state index >= 15 is 0 Å². The van der Waals surface area contributed by atoms with Crippen LogP contribution in [0.5, 0.6) is 0 Å². The van der Waals surface area contributed by atoms with Crippen LogP contribution < -0.4 is 9.88 Å². The molecule has 11 heavy (non-hydrogen) atoms. The van der Waals surface area contributed by atoms with Crippen LogP contribution in [0.1, 0.15) is 0 Å². The van der Waals surface area contributed by atoms with Gasteiger partial charge in [-0.1, -0.05) is 24.3 Å². The quantitative estimate of drug-likeness (QED) is 0.549. The van der Waals surface area contributed by atoms with E-state index in [1.165, 1.54) is 4.53 Å². The van der Waals surface area contributed by atoms with E-state index in [4.69, 9.17) is 0 Å². The molecule has 1 aliphatic carbocycles.